The van der Waals surface area contributed by atoms with Gasteiger partial charge in [-0.15, -0.1) is 0 Å². The third-order valence-electron chi connectivity index (χ3n) is 4.32. The Balaban J connectivity index is 2.15. The van der Waals surface area contributed by atoms with Gasteiger partial charge < -0.3 is 9.67 Å². The van der Waals surface area contributed by atoms with E-state index in [2.05, 4.69) is 23.7 Å². The van der Waals surface area contributed by atoms with Crippen LogP contribution in [0.1, 0.15) is 27.9 Å². The fraction of sp³-hybridized carbons (Fsp3) is 0.158. The van der Waals surface area contributed by atoms with Crippen molar-refractivity contribution in [3.8, 4) is 6.07 Å². The van der Waals surface area contributed by atoms with Gasteiger partial charge in [0.25, 0.3) is 0 Å². The lowest BCUT2D eigenvalue weighted by atomic mass is 10.1. The summed E-state index contributed by atoms with van der Waals surface area (Å²) in [6, 6.07) is 7.96. The molecule has 3 rings (SSSR count). The van der Waals surface area contributed by atoms with Crippen molar-refractivity contribution >= 4 is 39.9 Å². The summed E-state index contributed by atoms with van der Waals surface area (Å²) < 4.78 is 2.01. The fourth-order valence-electron chi connectivity index (χ4n) is 2.94. The summed E-state index contributed by atoms with van der Waals surface area (Å²) in [6.45, 7) is 5.48. The van der Waals surface area contributed by atoms with E-state index in [4.69, 9.17) is 23.2 Å². The summed E-state index contributed by atoms with van der Waals surface area (Å²) in [5.41, 5.74) is 4.58. The molecule has 6 heteroatoms. The summed E-state index contributed by atoms with van der Waals surface area (Å²) >= 11 is 12.6. The lowest BCUT2D eigenvalue weighted by Gasteiger charge is -2.11. The summed E-state index contributed by atoms with van der Waals surface area (Å²) in [5, 5.41) is 20.5. The molecule has 0 atom stereocenters. The maximum Gasteiger partial charge on any atom is 0.134 e. The van der Waals surface area contributed by atoms with Crippen molar-refractivity contribution in [2.75, 3.05) is 0 Å². The van der Waals surface area contributed by atoms with Gasteiger partial charge in [0.15, 0.2) is 0 Å². The Labute approximate surface area is 155 Å². The summed E-state index contributed by atoms with van der Waals surface area (Å²) in [6.07, 6.45) is 1.85. The number of hydrogen-bond donors (Lipinski definition) is 1. The molecule has 0 spiro atoms. The predicted molar refractivity (Wildman–Crippen MR) is 101 cm³/mol. The molecule has 4 nitrogen and oxygen atoms in total. The van der Waals surface area contributed by atoms with E-state index in [1.807, 2.05) is 30.7 Å². The minimum atomic E-state index is -0.151. The first-order chi connectivity index (χ1) is 11.8. The molecule has 0 aliphatic heterocycles. The smallest absolute Gasteiger partial charge is 0.134 e. The van der Waals surface area contributed by atoms with Crippen molar-refractivity contribution in [2.24, 2.45) is 7.05 Å². The molecule has 3 aromatic rings. The van der Waals surface area contributed by atoms with Gasteiger partial charge in [-0.3, -0.25) is 0 Å². The van der Waals surface area contributed by atoms with Gasteiger partial charge in [-0.05, 0) is 30.7 Å². The maximum absolute atomic E-state index is 9.65. The first-order valence-corrected chi connectivity index (χ1v) is 8.29. The van der Waals surface area contributed by atoms with Crippen molar-refractivity contribution in [3.63, 3.8) is 0 Å². The highest BCUT2D eigenvalue weighted by molar-refractivity contribution is 6.36. The number of rotatable bonds is 3. The van der Waals surface area contributed by atoms with Gasteiger partial charge in [0.05, 0.1) is 22.2 Å². The van der Waals surface area contributed by atoms with Crippen molar-refractivity contribution in [1.29, 1.82) is 5.26 Å². The SMILES string of the molecule is C=C(O)c1cnc(Cl)c(Cc2cc3c(C)cc(C#N)cc3n2C)c1Cl. The van der Waals surface area contributed by atoms with Gasteiger partial charge in [-0.1, -0.05) is 29.8 Å². The molecule has 2 heterocycles. The van der Waals surface area contributed by atoms with Gasteiger partial charge in [0.1, 0.15) is 10.9 Å². The standard InChI is InChI=1S/C19H15Cl2N3O/c1-10-4-12(8-22)5-17-14(10)6-13(24(17)3)7-15-18(20)16(11(2)25)9-23-19(15)21/h4-6,9,25H,2,7H2,1,3H3. The Kier molecular flexibility index (Phi) is 4.47. The Morgan fingerprint density at radius 2 is 2.08 bits per heavy atom. The molecule has 0 saturated heterocycles. The normalized spacial score (nSPS) is 10.8. The third kappa shape index (κ3) is 2.97. The zero-order chi connectivity index (χ0) is 18.3. The highest BCUT2D eigenvalue weighted by Gasteiger charge is 2.17. The Morgan fingerprint density at radius 3 is 2.72 bits per heavy atom. The van der Waals surface area contributed by atoms with Crippen LogP contribution in [0.25, 0.3) is 16.7 Å². The second kappa shape index (κ2) is 6.44. The number of nitriles is 1. The average molecular weight is 372 g/mol. The van der Waals surface area contributed by atoms with E-state index in [9.17, 15) is 10.4 Å². The number of fused-ring (bicyclic) bond motifs is 1. The molecule has 1 aromatic carbocycles. The van der Waals surface area contributed by atoms with Crippen LogP contribution in [0, 0.1) is 18.3 Å². The molecule has 2 aromatic heterocycles. The molecular weight excluding hydrogens is 357 g/mol. The van der Waals surface area contributed by atoms with E-state index in [1.165, 1.54) is 6.20 Å². The number of nitrogens with zero attached hydrogens (tertiary/aromatic N) is 3. The highest BCUT2D eigenvalue weighted by Crippen LogP contribution is 2.33. The molecule has 0 aliphatic rings. The van der Waals surface area contributed by atoms with Crippen molar-refractivity contribution in [1.82, 2.24) is 9.55 Å². The van der Waals surface area contributed by atoms with Gasteiger partial charge >= 0.3 is 0 Å². The van der Waals surface area contributed by atoms with Crippen molar-refractivity contribution in [3.05, 3.63) is 69.1 Å². The molecule has 0 radical (unpaired) electrons. The first kappa shape index (κ1) is 17.3. The van der Waals surface area contributed by atoms with Crippen LogP contribution < -0.4 is 0 Å². The predicted octanol–water partition coefficient (Wildman–Crippen LogP) is 5.18. The Bertz CT molecular complexity index is 1060. The average Bonchev–Trinajstić information content (AvgIpc) is 2.88. The first-order valence-electron chi connectivity index (χ1n) is 7.53. The molecule has 0 bridgehead atoms. The topological polar surface area (TPSA) is 61.8 Å². The molecule has 25 heavy (non-hydrogen) atoms. The summed E-state index contributed by atoms with van der Waals surface area (Å²) in [5.74, 6) is -0.151. The second-order valence-corrected chi connectivity index (χ2v) is 6.65. The second-order valence-electron chi connectivity index (χ2n) is 5.91. The number of aliphatic hydroxyl groups excluding tert-OH is 1. The molecule has 0 saturated carbocycles. The maximum atomic E-state index is 9.65. The van der Waals surface area contributed by atoms with E-state index in [0.717, 1.165) is 22.2 Å². The van der Waals surface area contributed by atoms with Crippen molar-refractivity contribution in [2.45, 2.75) is 13.3 Å². The van der Waals surface area contributed by atoms with Crippen LogP contribution in [0.15, 0.2) is 31.0 Å². The molecule has 0 unspecified atom stereocenters. The van der Waals surface area contributed by atoms with Gasteiger partial charge in [0, 0.05) is 41.8 Å². The number of hydrogen-bond acceptors (Lipinski definition) is 3. The largest absolute Gasteiger partial charge is 0.508 e. The molecule has 126 valence electrons. The van der Waals surface area contributed by atoms with Crippen LogP contribution in [0.3, 0.4) is 0 Å². The van der Waals surface area contributed by atoms with Crippen LogP contribution in [-0.4, -0.2) is 14.7 Å². The van der Waals surface area contributed by atoms with Crippen LogP contribution in [0.5, 0.6) is 0 Å². The van der Waals surface area contributed by atoms with Gasteiger partial charge in [0.2, 0.25) is 0 Å². The fourth-order valence-corrected chi connectivity index (χ4v) is 3.51. The van der Waals surface area contributed by atoms with E-state index >= 15 is 0 Å². The quantitative estimate of drug-likeness (QED) is 0.509. The van der Waals surface area contributed by atoms with Crippen LogP contribution in [0.2, 0.25) is 10.2 Å². The number of pyridine rings is 1. The van der Waals surface area contributed by atoms with Crippen LogP contribution in [-0.2, 0) is 13.5 Å². The highest BCUT2D eigenvalue weighted by atomic mass is 35.5. The van der Waals surface area contributed by atoms with Gasteiger partial charge in [-0.2, -0.15) is 5.26 Å². The molecule has 0 fully saturated rings. The molecule has 0 amide bonds. The number of benzene rings is 1. The summed E-state index contributed by atoms with van der Waals surface area (Å²) in [4.78, 5) is 4.09. The number of halogens is 2. The number of aryl methyl sites for hydroxylation is 2. The third-order valence-corrected chi connectivity index (χ3v) is 5.08. The van der Waals surface area contributed by atoms with E-state index in [0.29, 0.717) is 28.1 Å². The molecular formula is C19H15Cl2N3O. The minimum Gasteiger partial charge on any atom is -0.508 e. The van der Waals surface area contributed by atoms with Crippen LogP contribution >= 0.6 is 23.2 Å². The van der Waals surface area contributed by atoms with E-state index in [-0.39, 0.29) is 10.9 Å². The van der Waals surface area contributed by atoms with Crippen LogP contribution in [0.4, 0.5) is 0 Å². The molecule has 0 aliphatic carbocycles. The number of aromatic nitrogens is 2. The Morgan fingerprint density at radius 1 is 1.36 bits per heavy atom. The minimum absolute atomic E-state index is 0.151. The zero-order valence-corrected chi connectivity index (χ0v) is 15.3. The number of aliphatic hydroxyl groups is 1. The summed E-state index contributed by atoms with van der Waals surface area (Å²) in [7, 11) is 1.93. The lowest BCUT2D eigenvalue weighted by molar-refractivity contribution is 0.513. The van der Waals surface area contributed by atoms with Crippen molar-refractivity contribution < 1.29 is 5.11 Å². The monoisotopic (exact) mass is 371 g/mol. The zero-order valence-electron chi connectivity index (χ0n) is 13.8. The lowest BCUT2D eigenvalue weighted by Crippen LogP contribution is -2.01. The Hall–Kier alpha value is -2.48. The van der Waals surface area contributed by atoms with Gasteiger partial charge in [-0.25, -0.2) is 4.98 Å². The van der Waals surface area contributed by atoms with E-state index < -0.39 is 0 Å². The van der Waals surface area contributed by atoms with E-state index in [1.54, 1.807) is 0 Å². The molecule has 1 N–H and O–H groups in total.